The van der Waals surface area contributed by atoms with Gasteiger partial charge in [-0.3, -0.25) is 14.6 Å². The van der Waals surface area contributed by atoms with E-state index in [0.29, 0.717) is 5.69 Å². The summed E-state index contributed by atoms with van der Waals surface area (Å²) in [6, 6.07) is 1.35. The average molecular weight is 260 g/mol. The number of rotatable bonds is 2. The van der Waals surface area contributed by atoms with Gasteiger partial charge in [-0.2, -0.15) is 0 Å². The van der Waals surface area contributed by atoms with Crippen molar-refractivity contribution in [3.8, 4) is 5.75 Å². The molecular weight excluding hydrogens is 248 g/mol. The largest absolute Gasteiger partial charge is 0.507 e. The van der Waals surface area contributed by atoms with Crippen molar-refractivity contribution in [1.82, 2.24) is 14.5 Å². The molecule has 2 aromatic heterocycles. The monoisotopic (exact) mass is 260 g/mol. The van der Waals surface area contributed by atoms with Crippen molar-refractivity contribution in [3.63, 3.8) is 0 Å². The lowest BCUT2D eigenvalue weighted by atomic mass is 10.2. The molecule has 19 heavy (non-hydrogen) atoms. The van der Waals surface area contributed by atoms with Crippen molar-refractivity contribution < 1.29 is 9.90 Å². The highest BCUT2D eigenvalue weighted by molar-refractivity contribution is 6.05. The van der Waals surface area contributed by atoms with Crippen molar-refractivity contribution >= 4 is 11.7 Å². The zero-order valence-electron chi connectivity index (χ0n) is 10.4. The summed E-state index contributed by atoms with van der Waals surface area (Å²) < 4.78 is 1.28. The van der Waals surface area contributed by atoms with E-state index >= 15 is 0 Å². The SMILES string of the molecule is Cc1cc(O)c(C(=O)Nc2cnccn2)c(=O)n1C. The van der Waals surface area contributed by atoms with E-state index in [1.807, 2.05) is 0 Å². The Morgan fingerprint density at radius 2 is 2.16 bits per heavy atom. The molecule has 7 nitrogen and oxygen atoms in total. The number of nitrogens with zero attached hydrogens (tertiary/aromatic N) is 3. The molecule has 0 unspecified atom stereocenters. The lowest BCUT2D eigenvalue weighted by molar-refractivity contribution is 0.102. The molecule has 0 saturated heterocycles. The Hall–Kier alpha value is -2.70. The number of amides is 1. The molecule has 0 aromatic carbocycles. The highest BCUT2D eigenvalue weighted by atomic mass is 16.3. The van der Waals surface area contributed by atoms with E-state index in [1.54, 1.807) is 6.92 Å². The summed E-state index contributed by atoms with van der Waals surface area (Å²) in [6.45, 7) is 1.66. The molecule has 2 heterocycles. The third-order valence-electron chi connectivity index (χ3n) is 2.68. The molecule has 0 aliphatic carbocycles. The van der Waals surface area contributed by atoms with Crippen LogP contribution in [0.15, 0.2) is 29.5 Å². The van der Waals surface area contributed by atoms with Gasteiger partial charge in [0.1, 0.15) is 11.3 Å². The van der Waals surface area contributed by atoms with Crippen LogP contribution in [0.3, 0.4) is 0 Å². The molecule has 1 amide bonds. The fourth-order valence-corrected chi connectivity index (χ4v) is 1.56. The fourth-order valence-electron chi connectivity index (χ4n) is 1.56. The molecule has 0 atom stereocenters. The molecular formula is C12H12N4O3. The van der Waals surface area contributed by atoms with E-state index in [9.17, 15) is 14.7 Å². The Morgan fingerprint density at radius 1 is 1.42 bits per heavy atom. The molecule has 0 bridgehead atoms. The minimum atomic E-state index is -0.724. The highest BCUT2D eigenvalue weighted by Gasteiger charge is 2.18. The van der Waals surface area contributed by atoms with E-state index in [0.717, 1.165) is 0 Å². The number of aryl methyl sites for hydroxylation is 1. The Bertz CT molecular complexity index is 679. The minimum Gasteiger partial charge on any atom is -0.507 e. The summed E-state index contributed by atoms with van der Waals surface area (Å²) in [5.41, 5.74) is -0.337. The maximum absolute atomic E-state index is 12.0. The van der Waals surface area contributed by atoms with Gasteiger partial charge in [0.05, 0.1) is 6.20 Å². The van der Waals surface area contributed by atoms with Crippen LogP contribution in [-0.2, 0) is 7.05 Å². The quantitative estimate of drug-likeness (QED) is 0.816. The zero-order valence-corrected chi connectivity index (χ0v) is 10.4. The number of hydrogen-bond acceptors (Lipinski definition) is 5. The van der Waals surface area contributed by atoms with Crippen molar-refractivity contribution in [1.29, 1.82) is 0 Å². The molecule has 2 N–H and O–H groups in total. The molecule has 0 saturated carbocycles. The van der Waals surface area contributed by atoms with Crippen LogP contribution in [0.2, 0.25) is 0 Å². The number of aromatic hydroxyl groups is 1. The minimum absolute atomic E-state index is 0.203. The van der Waals surface area contributed by atoms with E-state index in [2.05, 4.69) is 15.3 Å². The van der Waals surface area contributed by atoms with Crippen molar-refractivity contribution in [3.05, 3.63) is 46.3 Å². The van der Waals surface area contributed by atoms with Gasteiger partial charge < -0.3 is 15.0 Å². The number of hydrogen-bond donors (Lipinski definition) is 2. The van der Waals surface area contributed by atoms with Gasteiger partial charge in [-0.05, 0) is 6.92 Å². The van der Waals surface area contributed by atoms with Gasteiger partial charge >= 0.3 is 0 Å². The molecule has 2 rings (SSSR count). The van der Waals surface area contributed by atoms with E-state index in [-0.39, 0.29) is 17.1 Å². The van der Waals surface area contributed by atoms with Crippen LogP contribution in [0.5, 0.6) is 5.75 Å². The lowest BCUT2D eigenvalue weighted by Gasteiger charge is -2.09. The first-order valence-electron chi connectivity index (χ1n) is 5.47. The van der Waals surface area contributed by atoms with Gasteiger partial charge in [0.15, 0.2) is 5.82 Å². The zero-order chi connectivity index (χ0) is 14.0. The van der Waals surface area contributed by atoms with Gasteiger partial charge in [-0.1, -0.05) is 0 Å². The van der Waals surface area contributed by atoms with Crippen molar-refractivity contribution in [2.75, 3.05) is 5.32 Å². The number of pyridine rings is 1. The number of carbonyl (C=O) groups excluding carboxylic acids is 1. The van der Waals surface area contributed by atoms with Crippen LogP contribution in [-0.4, -0.2) is 25.5 Å². The number of nitrogens with one attached hydrogen (secondary N) is 1. The normalized spacial score (nSPS) is 10.2. The standard InChI is InChI=1S/C12H12N4O3/c1-7-5-8(17)10(12(19)16(7)2)11(18)15-9-6-13-3-4-14-9/h3-6,17H,1-2H3,(H,14,15,18). The third kappa shape index (κ3) is 2.44. The molecule has 0 spiro atoms. The molecule has 98 valence electrons. The molecule has 0 aliphatic heterocycles. The highest BCUT2D eigenvalue weighted by Crippen LogP contribution is 2.15. The van der Waals surface area contributed by atoms with Gasteiger partial charge in [0, 0.05) is 31.2 Å². The number of aromatic nitrogens is 3. The second-order valence-corrected chi connectivity index (χ2v) is 3.95. The Kier molecular flexibility index (Phi) is 3.28. The molecule has 2 aromatic rings. The predicted molar refractivity (Wildman–Crippen MR) is 68.1 cm³/mol. The maximum Gasteiger partial charge on any atom is 0.267 e. The van der Waals surface area contributed by atoms with Crippen molar-refractivity contribution in [2.24, 2.45) is 7.05 Å². The number of carbonyl (C=O) groups is 1. The summed E-state index contributed by atoms with van der Waals surface area (Å²) in [6.07, 6.45) is 4.20. The van der Waals surface area contributed by atoms with E-state index < -0.39 is 11.5 Å². The van der Waals surface area contributed by atoms with Crippen LogP contribution in [0, 0.1) is 6.92 Å². The predicted octanol–water partition coefficient (Wildman–Crippen LogP) is 0.442. The van der Waals surface area contributed by atoms with E-state index in [4.69, 9.17) is 0 Å². The van der Waals surface area contributed by atoms with Gasteiger partial charge in [-0.15, -0.1) is 0 Å². The summed E-state index contributed by atoms with van der Waals surface area (Å²) in [7, 11) is 1.52. The summed E-state index contributed by atoms with van der Waals surface area (Å²) >= 11 is 0. The molecule has 0 aliphatic rings. The number of anilines is 1. The average Bonchev–Trinajstić information content (AvgIpc) is 2.37. The fraction of sp³-hybridized carbons (Fsp3) is 0.167. The first kappa shape index (κ1) is 12.7. The Balaban J connectivity index is 2.40. The topological polar surface area (TPSA) is 97.1 Å². The molecule has 7 heteroatoms. The van der Waals surface area contributed by atoms with E-state index in [1.165, 1.54) is 36.3 Å². The first-order chi connectivity index (χ1) is 9.00. The van der Waals surface area contributed by atoms with Crippen molar-refractivity contribution in [2.45, 2.75) is 6.92 Å². The smallest absolute Gasteiger partial charge is 0.267 e. The van der Waals surface area contributed by atoms with Crippen LogP contribution < -0.4 is 10.9 Å². The third-order valence-corrected chi connectivity index (χ3v) is 2.68. The Labute approximate surface area is 108 Å². The second-order valence-electron chi connectivity index (χ2n) is 3.95. The molecule has 0 radical (unpaired) electrons. The van der Waals surface area contributed by atoms with Gasteiger partial charge in [0.2, 0.25) is 0 Å². The lowest BCUT2D eigenvalue weighted by Crippen LogP contribution is -2.29. The summed E-state index contributed by atoms with van der Waals surface area (Å²) in [5, 5.41) is 12.1. The van der Waals surface area contributed by atoms with Crippen LogP contribution >= 0.6 is 0 Å². The summed E-state index contributed by atoms with van der Waals surface area (Å²) in [4.78, 5) is 31.6. The van der Waals surface area contributed by atoms with Crippen LogP contribution in [0.25, 0.3) is 0 Å². The van der Waals surface area contributed by atoms with Crippen LogP contribution in [0.1, 0.15) is 16.1 Å². The first-order valence-corrected chi connectivity index (χ1v) is 5.47. The molecule has 0 fully saturated rings. The van der Waals surface area contributed by atoms with Gasteiger partial charge in [0.25, 0.3) is 11.5 Å². The second kappa shape index (κ2) is 4.89. The van der Waals surface area contributed by atoms with Crippen LogP contribution in [0.4, 0.5) is 5.82 Å². The summed E-state index contributed by atoms with van der Waals surface area (Å²) in [5.74, 6) is -0.880. The Morgan fingerprint density at radius 3 is 2.79 bits per heavy atom. The maximum atomic E-state index is 12.0. The van der Waals surface area contributed by atoms with Gasteiger partial charge in [-0.25, -0.2) is 4.98 Å².